The maximum absolute atomic E-state index is 14.5. The summed E-state index contributed by atoms with van der Waals surface area (Å²) in [5.74, 6) is -1.65. The largest absolute Gasteiger partial charge is 0.497 e. The molecule has 0 spiro atoms. The number of amides is 4. The van der Waals surface area contributed by atoms with Crippen molar-refractivity contribution in [2.75, 3.05) is 26.9 Å². The second kappa shape index (κ2) is 15.4. The first kappa shape index (κ1) is 39.0. The number of rotatable bonds is 8. The Balaban J connectivity index is 1.22. The van der Waals surface area contributed by atoms with Gasteiger partial charge in [0.1, 0.15) is 47.0 Å². The van der Waals surface area contributed by atoms with Crippen LogP contribution in [0.4, 0.5) is 4.79 Å². The normalized spacial score (nSPS) is 25.9. The van der Waals surface area contributed by atoms with E-state index in [0.29, 0.717) is 47.9 Å². The van der Waals surface area contributed by atoms with E-state index in [0.717, 1.165) is 0 Å². The van der Waals surface area contributed by atoms with Crippen molar-refractivity contribution in [3.8, 4) is 23.2 Å². The lowest BCUT2D eigenvalue weighted by molar-refractivity contribution is -0.142. The van der Waals surface area contributed by atoms with Crippen LogP contribution < -0.4 is 24.8 Å². The van der Waals surface area contributed by atoms with Gasteiger partial charge in [0.05, 0.1) is 31.7 Å². The quantitative estimate of drug-likeness (QED) is 0.280. The van der Waals surface area contributed by atoms with E-state index in [2.05, 4.69) is 20.3 Å². The number of aromatic nitrogens is 2. The number of fused-ring (bicyclic) bond motifs is 3. The zero-order valence-electron chi connectivity index (χ0n) is 31.6. The molecule has 2 saturated carbocycles. The molecule has 3 aromatic rings. The van der Waals surface area contributed by atoms with Crippen molar-refractivity contribution in [1.82, 2.24) is 30.2 Å². The maximum Gasteiger partial charge on any atom is 0.408 e. The highest BCUT2D eigenvalue weighted by Gasteiger charge is 2.62. The fourth-order valence-corrected chi connectivity index (χ4v) is 8.33. The van der Waals surface area contributed by atoms with E-state index in [-0.39, 0.29) is 44.4 Å². The van der Waals surface area contributed by atoms with Gasteiger partial charge in [-0.1, -0.05) is 12.2 Å². The lowest BCUT2D eigenvalue weighted by Crippen LogP contribution is -2.59. The van der Waals surface area contributed by atoms with Crippen LogP contribution in [0.15, 0.2) is 53.3 Å². The Kier molecular flexibility index (Phi) is 10.7. The molecule has 2 unspecified atom stereocenters. The molecule has 1 aromatic carbocycles. The third-order valence-electron chi connectivity index (χ3n) is 10.0. The number of pyridine rings is 1. The van der Waals surface area contributed by atoms with Gasteiger partial charge in [-0.25, -0.2) is 23.2 Å². The molecule has 0 bridgehead atoms. The minimum atomic E-state index is -3.93. The zero-order valence-corrected chi connectivity index (χ0v) is 32.4. The number of ether oxygens (including phenoxy) is 4. The number of hydrogen-bond donors (Lipinski definition) is 3. The molecule has 4 amide bonds. The predicted molar refractivity (Wildman–Crippen MR) is 200 cm³/mol. The molecule has 17 nitrogen and oxygen atoms in total. The fraction of sp³-hybridized carbons (Fsp3) is 0.526. The number of hydrogen-bond acceptors (Lipinski definition) is 13. The van der Waals surface area contributed by atoms with Crippen LogP contribution in [0.3, 0.4) is 0 Å². The van der Waals surface area contributed by atoms with Gasteiger partial charge >= 0.3 is 6.09 Å². The molecule has 1 saturated heterocycles. The summed E-state index contributed by atoms with van der Waals surface area (Å²) >= 11 is 0. The average molecular weight is 795 g/mol. The van der Waals surface area contributed by atoms with Crippen molar-refractivity contribution >= 4 is 44.6 Å². The summed E-state index contributed by atoms with van der Waals surface area (Å²) in [5.41, 5.74) is -2.06. The van der Waals surface area contributed by atoms with Crippen molar-refractivity contribution < 1.29 is 51.0 Å². The second-order valence-corrected chi connectivity index (χ2v) is 17.5. The van der Waals surface area contributed by atoms with E-state index in [1.165, 1.54) is 17.4 Å². The van der Waals surface area contributed by atoms with E-state index >= 15 is 0 Å². The molecule has 2 aliphatic carbocycles. The molecule has 56 heavy (non-hydrogen) atoms. The van der Waals surface area contributed by atoms with Crippen LogP contribution in [0.25, 0.3) is 22.4 Å². The number of carbonyl (C=O) groups is 4. The Morgan fingerprint density at radius 2 is 1.95 bits per heavy atom. The van der Waals surface area contributed by atoms with Gasteiger partial charge < -0.3 is 38.9 Å². The SMILES string of the molecule is COc1ccc2c(OC3C[C@H]4C(=O)N[C@]5(C(=O)NS(=O)(=O)C6CC6)CC5C=CCCCOC[C@H](NC(=O)OC(C)(C)C)C(=O)N4C3)nc(-c3ncco3)cc2c1. The standard InChI is InChI=1S/C38H46N6O11S/c1-37(2,3)55-36(48)41-29-21-52-14-7-5-6-8-23-19-38(23,35(47)43-56(49,50)26-10-11-26)42-31(45)30-18-25(20-44(30)34(29)46)54-32-27-12-9-24(51-4)16-22(27)17-28(40-32)33-39-13-15-53-33/h6,8-9,12-13,15-17,23,25-26,29-30H,5,7,10-11,14,18-21H2,1-4H3,(H,41,48)(H,42,45)(H,43,47)/t23?,25?,29-,30-,38+/m0/s1. The maximum atomic E-state index is 14.5. The summed E-state index contributed by atoms with van der Waals surface area (Å²) in [7, 11) is -2.38. The Morgan fingerprint density at radius 3 is 2.66 bits per heavy atom. The van der Waals surface area contributed by atoms with Gasteiger partial charge in [0, 0.05) is 24.3 Å². The fourth-order valence-electron chi connectivity index (χ4n) is 6.97. The van der Waals surface area contributed by atoms with Crippen LogP contribution in [0.1, 0.15) is 59.3 Å². The molecule has 2 aliphatic heterocycles. The van der Waals surface area contributed by atoms with Gasteiger partial charge in [0.15, 0.2) is 0 Å². The zero-order chi connectivity index (χ0) is 39.8. The van der Waals surface area contributed by atoms with Gasteiger partial charge in [0.2, 0.25) is 33.6 Å². The summed E-state index contributed by atoms with van der Waals surface area (Å²) in [6.45, 7) is 4.99. The minimum Gasteiger partial charge on any atom is -0.497 e. The van der Waals surface area contributed by atoms with Crippen LogP contribution in [-0.4, -0.2) is 109 Å². The molecular formula is C38H46N6O11S. The van der Waals surface area contributed by atoms with Crippen molar-refractivity contribution in [1.29, 1.82) is 0 Å². The molecule has 2 aromatic heterocycles. The monoisotopic (exact) mass is 794 g/mol. The second-order valence-electron chi connectivity index (χ2n) is 15.5. The smallest absolute Gasteiger partial charge is 0.408 e. The van der Waals surface area contributed by atoms with Gasteiger partial charge in [-0.3, -0.25) is 19.1 Å². The topological polar surface area (TPSA) is 218 Å². The van der Waals surface area contributed by atoms with Crippen LogP contribution in [0, 0.1) is 5.92 Å². The number of nitrogens with zero attached hydrogens (tertiary/aromatic N) is 3. The molecule has 3 fully saturated rings. The van der Waals surface area contributed by atoms with E-state index in [4.69, 9.17) is 28.3 Å². The Bertz CT molecular complexity index is 2130. The highest BCUT2D eigenvalue weighted by molar-refractivity contribution is 7.91. The summed E-state index contributed by atoms with van der Waals surface area (Å²) in [6, 6.07) is 4.63. The minimum absolute atomic E-state index is 0.0429. The Labute approximate surface area is 323 Å². The molecule has 3 N–H and O–H groups in total. The first-order chi connectivity index (χ1) is 26.7. The number of sulfonamides is 1. The number of allylic oxidation sites excluding steroid dienone is 1. The molecule has 5 atom stereocenters. The van der Waals surface area contributed by atoms with Crippen molar-refractivity contribution in [3.05, 3.63) is 48.9 Å². The van der Waals surface area contributed by atoms with Crippen molar-refractivity contribution in [3.63, 3.8) is 0 Å². The molecule has 7 rings (SSSR count). The van der Waals surface area contributed by atoms with Gasteiger partial charge in [-0.15, -0.1) is 0 Å². The number of carbonyl (C=O) groups excluding carboxylic acids is 4. The number of nitrogens with one attached hydrogen (secondary N) is 3. The predicted octanol–water partition coefficient (Wildman–Crippen LogP) is 2.99. The number of methoxy groups -OCH3 is 1. The first-order valence-corrected chi connectivity index (χ1v) is 20.2. The highest BCUT2D eigenvalue weighted by atomic mass is 32.2. The van der Waals surface area contributed by atoms with E-state index in [9.17, 15) is 27.6 Å². The van der Waals surface area contributed by atoms with Crippen LogP contribution >= 0.6 is 0 Å². The highest BCUT2D eigenvalue weighted by Crippen LogP contribution is 2.46. The third kappa shape index (κ3) is 8.60. The molecule has 300 valence electrons. The summed E-state index contributed by atoms with van der Waals surface area (Å²) in [6.07, 6.45) is 7.02. The van der Waals surface area contributed by atoms with Crippen LogP contribution in [0.5, 0.6) is 11.6 Å². The van der Waals surface area contributed by atoms with E-state index < -0.39 is 74.3 Å². The van der Waals surface area contributed by atoms with E-state index in [1.54, 1.807) is 58.2 Å². The molecule has 18 heteroatoms. The van der Waals surface area contributed by atoms with Crippen LogP contribution in [0.2, 0.25) is 0 Å². The van der Waals surface area contributed by atoms with Crippen LogP contribution in [-0.2, 0) is 33.9 Å². The van der Waals surface area contributed by atoms with Crippen molar-refractivity contribution in [2.45, 2.75) is 93.9 Å². The number of benzene rings is 1. The Morgan fingerprint density at radius 1 is 1.14 bits per heavy atom. The number of oxazole rings is 1. The summed E-state index contributed by atoms with van der Waals surface area (Å²) < 4.78 is 56.7. The lowest BCUT2D eigenvalue weighted by Gasteiger charge is -2.30. The van der Waals surface area contributed by atoms with Crippen molar-refractivity contribution in [2.24, 2.45) is 5.92 Å². The van der Waals surface area contributed by atoms with Gasteiger partial charge in [-0.2, -0.15) is 0 Å². The molecular weight excluding hydrogens is 749 g/mol. The average Bonchev–Trinajstić information content (AvgIpc) is 4.00. The van der Waals surface area contributed by atoms with Gasteiger partial charge in [0.25, 0.3) is 5.91 Å². The first-order valence-electron chi connectivity index (χ1n) is 18.6. The van der Waals surface area contributed by atoms with E-state index in [1.807, 2.05) is 6.08 Å². The summed E-state index contributed by atoms with van der Waals surface area (Å²) in [5, 5.41) is 6.11. The Hall–Kier alpha value is -5.23. The molecule has 0 radical (unpaired) electrons. The van der Waals surface area contributed by atoms with Gasteiger partial charge in [-0.05, 0) is 82.5 Å². The lowest BCUT2D eigenvalue weighted by atomic mass is 10.1. The molecule has 4 aliphatic rings. The summed E-state index contributed by atoms with van der Waals surface area (Å²) in [4.78, 5) is 65.9. The number of alkyl carbamates (subject to hydrolysis) is 1. The molecule has 4 heterocycles. The third-order valence-corrected chi connectivity index (χ3v) is 11.9.